The van der Waals surface area contributed by atoms with Crippen LogP contribution in [-0.4, -0.2) is 38.7 Å². The van der Waals surface area contributed by atoms with Gasteiger partial charge in [0.15, 0.2) is 0 Å². The number of halogens is 1. The number of hydrogen-bond acceptors (Lipinski definition) is 5. The average Bonchev–Trinajstić information content (AvgIpc) is 3.14. The maximum absolute atomic E-state index is 13.8. The first-order valence-corrected chi connectivity index (χ1v) is 6.31. The number of carbonyl (C=O) groups is 1. The fourth-order valence-corrected chi connectivity index (χ4v) is 2.16. The fourth-order valence-electron chi connectivity index (χ4n) is 2.16. The molecule has 2 aromatic rings. The summed E-state index contributed by atoms with van der Waals surface area (Å²) in [4.78, 5) is 12.0. The van der Waals surface area contributed by atoms with Gasteiger partial charge in [-0.1, -0.05) is 0 Å². The smallest absolute Gasteiger partial charge is 0.241 e. The molecule has 1 saturated heterocycles. The van der Waals surface area contributed by atoms with Crippen molar-refractivity contribution in [3.05, 3.63) is 30.3 Å². The third-order valence-corrected chi connectivity index (χ3v) is 3.20. The van der Waals surface area contributed by atoms with Gasteiger partial charge in [0.25, 0.3) is 0 Å². The van der Waals surface area contributed by atoms with E-state index in [-0.39, 0.29) is 17.6 Å². The van der Waals surface area contributed by atoms with E-state index in [4.69, 9.17) is 0 Å². The predicted octanol–water partition coefficient (Wildman–Crippen LogP) is 0.492. The summed E-state index contributed by atoms with van der Waals surface area (Å²) >= 11 is 0. The van der Waals surface area contributed by atoms with Crippen LogP contribution in [0.3, 0.4) is 0 Å². The van der Waals surface area contributed by atoms with Gasteiger partial charge >= 0.3 is 0 Å². The maximum Gasteiger partial charge on any atom is 0.241 e. The summed E-state index contributed by atoms with van der Waals surface area (Å²) in [5.41, 5.74) is 0.697. The molecule has 0 radical (unpaired) electrons. The minimum absolute atomic E-state index is 0.122. The van der Waals surface area contributed by atoms with E-state index in [1.165, 1.54) is 29.2 Å². The number of nitrogens with one attached hydrogen (secondary N) is 2. The van der Waals surface area contributed by atoms with Gasteiger partial charge in [0.2, 0.25) is 5.91 Å². The highest BCUT2D eigenvalue weighted by molar-refractivity contribution is 5.95. The molecular weight excluding hydrogens is 263 g/mol. The Morgan fingerprint density at radius 3 is 3.10 bits per heavy atom. The molecule has 1 fully saturated rings. The molecule has 1 aliphatic heterocycles. The van der Waals surface area contributed by atoms with Gasteiger partial charge < -0.3 is 10.6 Å². The van der Waals surface area contributed by atoms with Gasteiger partial charge in [-0.3, -0.25) is 4.79 Å². The molecule has 1 unspecified atom stereocenters. The Balaban J connectivity index is 1.81. The van der Waals surface area contributed by atoms with Crippen molar-refractivity contribution in [3.8, 4) is 5.69 Å². The molecule has 2 N–H and O–H groups in total. The Morgan fingerprint density at radius 1 is 1.50 bits per heavy atom. The largest absolute Gasteiger partial charge is 0.322 e. The zero-order valence-electron chi connectivity index (χ0n) is 10.6. The minimum Gasteiger partial charge on any atom is -0.322 e. The zero-order chi connectivity index (χ0) is 13.9. The van der Waals surface area contributed by atoms with Crippen LogP contribution < -0.4 is 10.6 Å². The van der Waals surface area contributed by atoms with Crippen LogP contribution in [0.5, 0.6) is 0 Å². The summed E-state index contributed by atoms with van der Waals surface area (Å²) in [5.74, 6) is -0.719. The van der Waals surface area contributed by atoms with Crippen molar-refractivity contribution in [1.82, 2.24) is 25.5 Å². The van der Waals surface area contributed by atoms with E-state index in [1.54, 1.807) is 0 Å². The summed E-state index contributed by atoms with van der Waals surface area (Å²) in [6.45, 7) is 0.811. The number of carbonyl (C=O) groups excluding carboxylic acids is 1. The molecule has 1 amide bonds. The van der Waals surface area contributed by atoms with Crippen molar-refractivity contribution in [3.63, 3.8) is 0 Å². The lowest BCUT2D eigenvalue weighted by Crippen LogP contribution is -2.35. The normalized spacial score (nSPS) is 18.1. The Hall–Kier alpha value is -2.35. The lowest BCUT2D eigenvalue weighted by Gasteiger charge is -2.12. The average molecular weight is 276 g/mol. The van der Waals surface area contributed by atoms with Gasteiger partial charge in [-0.25, -0.2) is 9.07 Å². The molecule has 104 valence electrons. The fraction of sp³-hybridized carbons (Fsp3) is 0.333. The van der Waals surface area contributed by atoms with Crippen LogP contribution in [0.1, 0.15) is 12.8 Å². The highest BCUT2D eigenvalue weighted by atomic mass is 19.1. The Kier molecular flexibility index (Phi) is 3.38. The zero-order valence-corrected chi connectivity index (χ0v) is 10.6. The predicted molar refractivity (Wildman–Crippen MR) is 68.8 cm³/mol. The molecule has 0 spiro atoms. The number of tetrazole rings is 1. The molecule has 7 nitrogen and oxygen atoms in total. The van der Waals surface area contributed by atoms with Gasteiger partial charge in [0, 0.05) is 0 Å². The first-order chi connectivity index (χ1) is 9.74. The standard InChI is InChI=1S/C12H13FN6O/c13-9-4-3-8(19-7-15-17-18-19)6-11(9)16-12(20)10-2-1-5-14-10/h3-4,6-7,10,14H,1-2,5H2,(H,16,20). The monoisotopic (exact) mass is 276 g/mol. The van der Waals surface area contributed by atoms with E-state index in [1.807, 2.05) is 0 Å². The lowest BCUT2D eigenvalue weighted by atomic mass is 10.2. The van der Waals surface area contributed by atoms with Crippen molar-refractivity contribution in [1.29, 1.82) is 0 Å². The van der Waals surface area contributed by atoms with E-state index < -0.39 is 5.82 Å². The van der Waals surface area contributed by atoms with Gasteiger partial charge in [0.1, 0.15) is 12.1 Å². The number of aromatic nitrogens is 4. The first kappa shape index (κ1) is 12.7. The van der Waals surface area contributed by atoms with Crippen LogP contribution in [0.25, 0.3) is 5.69 Å². The van der Waals surface area contributed by atoms with Crippen molar-refractivity contribution in [2.75, 3.05) is 11.9 Å². The number of amides is 1. The maximum atomic E-state index is 13.8. The molecule has 1 aromatic heterocycles. The Labute approximate surface area is 114 Å². The van der Waals surface area contributed by atoms with E-state index in [2.05, 4.69) is 26.2 Å². The van der Waals surface area contributed by atoms with Crippen LogP contribution in [0, 0.1) is 5.82 Å². The first-order valence-electron chi connectivity index (χ1n) is 6.31. The molecule has 20 heavy (non-hydrogen) atoms. The van der Waals surface area contributed by atoms with Crippen LogP contribution in [0.4, 0.5) is 10.1 Å². The minimum atomic E-state index is -0.492. The molecule has 0 saturated carbocycles. The summed E-state index contributed by atoms with van der Waals surface area (Å²) in [7, 11) is 0. The molecule has 8 heteroatoms. The van der Waals surface area contributed by atoms with Gasteiger partial charge in [-0.05, 0) is 48.0 Å². The number of anilines is 1. The van der Waals surface area contributed by atoms with E-state index >= 15 is 0 Å². The third-order valence-electron chi connectivity index (χ3n) is 3.20. The number of benzene rings is 1. The van der Waals surface area contributed by atoms with E-state index in [0.717, 1.165) is 19.4 Å². The molecule has 1 aliphatic rings. The molecule has 0 bridgehead atoms. The van der Waals surface area contributed by atoms with Crippen LogP contribution >= 0.6 is 0 Å². The number of rotatable bonds is 3. The van der Waals surface area contributed by atoms with Crippen molar-refractivity contribution in [2.24, 2.45) is 0 Å². The van der Waals surface area contributed by atoms with Crippen LogP contribution in [0.15, 0.2) is 24.5 Å². The summed E-state index contributed by atoms with van der Waals surface area (Å²) < 4.78 is 15.2. The molecule has 1 aromatic carbocycles. The number of hydrogen-bond donors (Lipinski definition) is 2. The second-order valence-corrected chi connectivity index (χ2v) is 4.56. The second kappa shape index (κ2) is 5.33. The highest BCUT2D eigenvalue weighted by Gasteiger charge is 2.22. The molecule has 0 aliphatic carbocycles. The van der Waals surface area contributed by atoms with Crippen LogP contribution in [0.2, 0.25) is 0 Å². The van der Waals surface area contributed by atoms with E-state index in [9.17, 15) is 9.18 Å². The highest BCUT2D eigenvalue weighted by Crippen LogP contribution is 2.19. The summed E-state index contributed by atoms with van der Waals surface area (Å²) in [6, 6.07) is 4.05. The Bertz CT molecular complexity index is 608. The van der Waals surface area contributed by atoms with Crippen molar-refractivity contribution in [2.45, 2.75) is 18.9 Å². The van der Waals surface area contributed by atoms with Gasteiger partial charge in [0.05, 0.1) is 17.4 Å². The second-order valence-electron chi connectivity index (χ2n) is 4.56. The lowest BCUT2D eigenvalue weighted by molar-refractivity contribution is -0.117. The van der Waals surface area contributed by atoms with Gasteiger partial charge in [-0.2, -0.15) is 0 Å². The van der Waals surface area contributed by atoms with Crippen molar-refractivity contribution >= 4 is 11.6 Å². The molecule has 1 atom stereocenters. The van der Waals surface area contributed by atoms with E-state index in [0.29, 0.717) is 5.69 Å². The molecule has 3 rings (SSSR count). The number of nitrogens with zero attached hydrogens (tertiary/aromatic N) is 4. The SMILES string of the molecule is O=C(Nc1cc(-n2cnnn2)ccc1F)C1CCCN1. The quantitative estimate of drug-likeness (QED) is 0.852. The van der Waals surface area contributed by atoms with Gasteiger partial charge in [-0.15, -0.1) is 5.10 Å². The Morgan fingerprint density at radius 2 is 2.40 bits per heavy atom. The van der Waals surface area contributed by atoms with Crippen LogP contribution in [-0.2, 0) is 4.79 Å². The summed E-state index contributed by atoms with van der Waals surface area (Å²) in [5, 5.41) is 16.4. The summed E-state index contributed by atoms with van der Waals surface area (Å²) in [6.07, 6.45) is 3.11. The molecular formula is C12H13FN6O. The third kappa shape index (κ3) is 2.50. The topological polar surface area (TPSA) is 84.7 Å². The van der Waals surface area contributed by atoms with Crippen molar-refractivity contribution < 1.29 is 9.18 Å². The molecule has 2 heterocycles.